The standard InChI is InChI=1S/C14H18N2O5/c1-14(2)5-3-10(4-6-14)21-12-11(13(17)18)7-9(8-15-12)16(19)20/h7-8,10H,3-6H2,1-2H3,(H,17,18). The van der Waals surface area contributed by atoms with Gasteiger partial charge in [0.25, 0.3) is 5.69 Å². The van der Waals surface area contributed by atoms with Crippen molar-refractivity contribution in [2.45, 2.75) is 45.6 Å². The number of rotatable bonds is 4. The number of carbonyl (C=O) groups is 1. The van der Waals surface area contributed by atoms with E-state index in [1.807, 2.05) is 0 Å². The molecule has 0 spiro atoms. The molecule has 0 amide bonds. The summed E-state index contributed by atoms with van der Waals surface area (Å²) in [6.07, 6.45) is 4.56. The summed E-state index contributed by atoms with van der Waals surface area (Å²) in [7, 11) is 0. The first-order chi connectivity index (χ1) is 9.78. The molecule has 0 atom stereocenters. The van der Waals surface area contributed by atoms with Crippen LogP contribution in [0.2, 0.25) is 0 Å². The highest BCUT2D eigenvalue weighted by molar-refractivity contribution is 5.90. The average molecular weight is 294 g/mol. The van der Waals surface area contributed by atoms with Gasteiger partial charge in [0.05, 0.1) is 4.92 Å². The van der Waals surface area contributed by atoms with Crippen molar-refractivity contribution in [1.29, 1.82) is 0 Å². The van der Waals surface area contributed by atoms with Crippen LogP contribution in [0, 0.1) is 15.5 Å². The van der Waals surface area contributed by atoms with E-state index in [2.05, 4.69) is 18.8 Å². The van der Waals surface area contributed by atoms with Gasteiger partial charge in [-0.3, -0.25) is 10.1 Å². The molecule has 1 aromatic rings. The molecule has 114 valence electrons. The monoisotopic (exact) mass is 294 g/mol. The van der Waals surface area contributed by atoms with Crippen LogP contribution in [0.1, 0.15) is 49.9 Å². The Morgan fingerprint density at radius 2 is 2.10 bits per heavy atom. The number of aromatic carboxylic acids is 1. The summed E-state index contributed by atoms with van der Waals surface area (Å²) in [4.78, 5) is 25.0. The van der Waals surface area contributed by atoms with Gasteiger partial charge in [0, 0.05) is 6.07 Å². The highest BCUT2D eigenvalue weighted by Crippen LogP contribution is 2.36. The number of nitro groups is 1. The first-order valence-electron chi connectivity index (χ1n) is 6.83. The van der Waals surface area contributed by atoms with Crippen LogP contribution in [-0.2, 0) is 0 Å². The van der Waals surface area contributed by atoms with Crippen molar-refractivity contribution in [3.8, 4) is 5.88 Å². The number of nitrogens with zero attached hydrogens (tertiary/aromatic N) is 2. The van der Waals surface area contributed by atoms with Crippen LogP contribution >= 0.6 is 0 Å². The molecule has 0 bridgehead atoms. The van der Waals surface area contributed by atoms with Gasteiger partial charge in [0.1, 0.15) is 17.9 Å². The molecule has 1 aliphatic carbocycles. The molecule has 1 heterocycles. The summed E-state index contributed by atoms with van der Waals surface area (Å²) < 4.78 is 5.66. The van der Waals surface area contributed by atoms with Crippen LogP contribution < -0.4 is 4.74 Å². The summed E-state index contributed by atoms with van der Waals surface area (Å²) >= 11 is 0. The van der Waals surface area contributed by atoms with Crippen molar-refractivity contribution in [3.05, 3.63) is 27.9 Å². The van der Waals surface area contributed by atoms with Gasteiger partial charge in [-0.05, 0) is 31.1 Å². The van der Waals surface area contributed by atoms with Crippen molar-refractivity contribution in [1.82, 2.24) is 4.98 Å². The van der Waals surface area contributed by atoms with Crippen LogP contribution in [0.3, 0.4) is 0 Å². The van der Waals surface area contributed by atoms with Crippen LogP contribution in [0.25, 0.3) is 0 Å². The van der Waals surface area contributed by atoms with Crippen molar-refractivity contribution >= 4 is 11.7 Å². The van der Waals surface area contributed by atoms with E-state index in [1.165, 1.54) is 0 Å². The summed E-state index contributed by atoms with van der Waals surface area (Å²) in [5.41, 5.74) is -0.350. The number of hydrogen-bond acceptors (Lipinski definition) is 5. The maximum atomic E-state index is 11.2. The fraction of sp³-hybridized carbons (Fsp3) is 0.571. The molecule has 1 N–H and O–H groups in total. The van der Waals surface area contributed by atoms with Gasteiger partial charge in [0.15, 0.2) is 0 Å². The van der Waals surface area contributed by atoms with E-state index in [-0.39, 0.29) is 28.6 Å². The molecular weight excluding hydrogens is 276 g/mol. The van der Waals surface area contributed by atoms with E-state index >= 15 is 0 Å². The second kappa shape index (κ2) is 5.67. The van der Waals surface area contributed by atoms with E-state index in [0.29, 0.717) is 0 Å². The Hall–Kier alpha value is -2.18. The van der Waals surface area contributed by atoms with Gasteiger partial charge in [-0.2, -0.15) is 0 Å². The first-order valence-corrected chi connectivity index (χ1v) is 6.83. The fourth-order valence-corrected chi connectivity index (χ4v) is 2.44. The Kier molecular flexibility index (Phi) is 4.11. The topological polar surface area (TPSA) is 103 Å². The summed E-state index contributed by atoms with van der Waals surface area (Å²) in [6, 6.07) is 0.984. The molecule has 0 radical (unpaired) electrons. The summed E-state index contributed by atoms with van der Waals surface area (Å²) in [5.74, 6) is -1.32. The van der Waals surface area contributed by atoms with Gasteiger partial charge < -0.3 is 9.84 Å². The van der Waals surface area contributed by atoms with Gasteiger partial charge >= 0.3 is 5.97 Å². The second-order valence-electron chi connectivity index (χ2n) is 6.09. The summed E-state index contributed by atoms with van der Waals surface area (Å²) in [5, 5.41) is 19.8. The zero-order valence-corrected chi connectivity index (χ0v) is 12.0. The molecule has 0 aromatic carbocycles. The molecule has 0 saturated heterocycles. The maximum absolute atomic E-state index is 11.2. The normalized spacial score (nSPS) is 18.2. The lowest BCUT2D eigenvalue weighted by Crippen LogP contribution is -2.29. The molecule has 1 fully saturated rings. The minimum atomic E-state index is -1.28. The molecule has 2 rings (SSSR count). The number of pyridine rings is 1. The highest BCUT2D eigenvalue weighted by Gasteiger charge is 2.29. The lowest BCUT2D eigenvalue weighted by Gasteiger charge is -2.34. The predicted octanol–water partition coefficient (Wildman–Crippen LogP) is 3.04. The van der Waals surface area contributed by atoms with E-state index in [1.54, 1.807) is 0 Å². The number of aromatic nitrogens is 1. The van der Waals surface area contributed by atoms with Crippen molar-refractivity contribution < 1.29 is 19.6 Å². The van der Waals surface area contributed by atoms with Gasteiger partial charge in [-0.15, -0.1) is 0 Å². The third-order valence-corrected chi connectivity index (χ3v) is 3.84. The molecular formula is C14H18N2O5. The van der Waals surface area contributed by atoms with Crippen LogP contribution in [0.5, 0.6) is 5.88 Å². The number of carboxylic acid groups (broad SMARTS) is 1. The van der Waals surface area contributed by atoms with Crippen LogP contribution in [0.4, 0.5) is 5.69 Å². The Morgan fingerprint density at radius 1 is 1.48 bits per heavy atom. The molecule has 7 heteroatoms. The molecule has 1 aliphatic rings. The molecule has 21 heavy (non-hydrogen) atoms. The Labute approximate surface area is 122 Å². The Bertz CT molecular complexity index is 560. The van der Waals surface area contributed by atoms with E-state index in [9.17, 15) is 14.9 Å². The zero-order chi connectivity index (χ0) is 15.6. The van der Waals surface area contributed by atoms with E-state index in [4.69, 9.17) is 9.84 Å². The molecule has 1 saturated carbocycles. The fourth-order valence-electron chi connectivity index (χ4n) is 2.44. The third-order valence-electron chi connectivity index (χ3n) is 3.84. The van der Waals surface area contributed by atoms with Crippen LogP contribution in [0.15, 0.2) is 12.3 Å². The third kappa shape index (κ3) is 3.68. The highest BCUT2D eigenvalue weighted by atomic mass is 16.6. The number of carboxylic acids is 1. The lowest BCUT2D eigenvalue weighted by atomic mass is 9.76. The van der Waals surface area contributed by atoms with E-state index in [0.717, 1.165) is 37.9 Å². The maximum Gasteiger partial charge on any atom is 0.341 e. The van der Waals surface area contributed by atoms with Gasteiger partial charge in [-0.25, -0.2) is 9.78 Å². The quantitative estimate of drug-likeness (QED) is 0.676. The molecule has 0 aliphatic heterocycles. The zero-order valence-electron chi connectivity index (χ0n) is 12.0. The summed E-state index contributed by atoms with van der Waals surface area (Å²) in [6.45, 7) is 4.38. The largest absolute Gasteiger partial charge is 0.477 e. The molecule has 7 nitrogen and oxygen atoms in total. The van der Waals surface area contributed by atoms with Gasteiger partial charge in [0.2, 0.25) is 5.88 Å². The smallest absolute Gasteiger partial charge is 0.341 e. The Balaban J connectivity index is 2.16. The SMILES string of the molecule is CC1(C)CCC(Oc2ncc([N+](=O)[O-])cc2C(=O)O)CC1. The van der Waals surface area contributed by atoms with Crippen molar-refractivity contribution in [2.24, 2.45) is 5.41 Å². The lowest BCUT2D eigenvalue weighted by molar-refractivity contribution is -0.385. The molecule has 0 unspecified atom stereocenters. The van der Waals surface area contributed by atoms with Crippen molar-refractivity contribution in [3.63, 3.8) is 0 Å². The van der Waals surface area contributed by atoms with Crippen LogP contribution in [-0.4, -0.2) is 27.1 Å². The van der Waals surface area contributed by atoms with Crippen molar-refractivity contribution in [2.75, 3.05) is 0 Å². The van der Waals surface area contributed by atoms with Gasteiger partial charge in [-0.1, -0.05) is 13.8 Å². The molecule has 1 aromatic heterocycles. The number of hydrogen-bond donors (Lipinski definition) is 1. The van der Waals surface area contributed by atoms with E-state index < -0.39 is 10.9 Å². The second-order valence-corrected chi connectivity index (χ2v) is 6.09. The Morgan fingerprint density at radius 3 is 2.62 bits per heavy atom. The predicted molar refractivity (Wildman–Crippen MR) is 74.5 cm³/mol. The minimum absolute atomic E-state index is 0.0437. The average Bonchev–Trinajstić information content (AvgIpc) is 2.41. The first kappa shape index (κ1) is 15.2. The minimum Gasteiger partial charge on any atom is -0.477 e. The number of ether oxygens (including phenoxy) is 1.